The van der Waals surface area contributed by atoms with Gasteiger partial charge in [-0.05, 0) is 68.6 Å². The molecule has 4 aliphatic rings. The number of hydrogen-bond acceptors (Lipinski definition) is 7. The number of fused-ring (bicyclic) bond motifs is 1. The number of Topliss-reactive ketones (excluding diaryl/α,β-unsaturated/α-hetero) is 1. The minimum Gasteiger partial charge on any atom is -0.363 e. The van der Waals surface area contributed by atoms with Crippen LogP contribution < -0.4 is 21.7 Å². The standard InChI is InChI=1S/C33H55N5O7S/c1-10-19-16-33(19,24(39)25(34)40)36-26(41)22-21-20(31(21,8)9)17-38(22)27(42)23(29(2,3)4)35-28(43)37-32(14-12-11-13-15-32)18-46(44,45)30(5,6)7/h19-23H,10-18H2,1-9H3,(H2,34,40)(H,36,41)(H2,35,37,43)/t19-,20-,21-,22-,23+,33?/m0/s1. The van der Waals surface area contributed by atoms with Crippen LogP contribution in [0.4, 0.5) is 4.79 Å². The number of rotatable bonds is 10. The summed E-state index contributed by atoms with van der Waals surface area (Å²) >= 11 is 0. The van der Waals surface area contributed by atoms with Crippen LogP contribution in [-0.4, -0.2) is 83.1 Å². The van der Waals surface area contributed by atoms with Gasteiger partial charge in [-0.15, -0.1) is 0 Å². The summed E-state index contributed by atoms with van der Waals surface area (Å²) in [5.74, 6) is -3.36. The van der Waals surface area contributed by atoms with Crippen LogP contribution in [0.25, 0.3) is 0 Å². The van der Waals surface area contributed by atoms with Crippen LogP contribution in [0, 0.1) is 28.6 Å². The third kappa shape index (κ3) is 6.54. The van der Waals surface area contributed by atoms with Gasteiger partial charge in [0.15, 0.2) is 9.84 Å². The maximum absolute atomic E-state index is 14.4. The van der Waals surface area contributed by atoms with Crippen molar-refractivity contribution in [3.05, 3.63) is 0 Å². The van der Waals surface area contributed by atoms with Gasteiger partial charge in [0.05, 0.1) is 16.0 Å². The van der Waals surface area contributed by atoms with Crippen molar-refractivity contribution in [3.63, 3.8) is 0 Å². The number of hydrogen-bond donors (Lipinski definition) is 4. The molecule has 1 heterocycles. The number of nitrogens with zero attached hydrogens (tertiary/aromatic N) is 1. The molecule has 4 rings (SSSR count). The molecule has 3 aliphatic carbocycles. The Kier molecular flexibility index (Phi) is 9.25. The van der Waals surface area contributed by atoms with E-state index < -0.39 is 72.7 Å². The largest absolute Gasteiger partial charge is 0.363 e. The SMILES string of the molecule is CC[C@H]1CC1(NC(=O)[C@@H]1[C@@H]2[C@H](CN1C(=O)[C@@H](NC(=O)NC1(CS(=O)(=O)C(C)(C)C)CCCCC1)C(C)(C)C)C2(C)C)C(=O)C(N)=O. The van der Waals surface area contributed by atoms with E-state index in [1.54, 1.807) is 20.8 Å². The van der Waals surface area contributed by atoms with Crippen molar-refractivity contribution in [2.45, 2.75) is 135 Å². The fourth-order valence-corrected chi connectivity index (χ4v) is 9.50. The van der Waals surface area contributed by atoms with Crippen LogP contribution in [0.1, 0.15) is 107 Å². The van der Waals surface area contributed by atoms with Gasteiger partial charge in [0, 0.05) is 6.54 Å². The lowest BCUT2D eigenvalue weighted by molar-refractivity contribution is -0.145. The highest BCUT2D eigenvalue weighted by molar-refractivity contribution is 7.92. The fraction of sp³-hybridized carbons (Fsp3) is 0.848. The molecule has 5 N–H and O–H groups in total. The summed E-state index contributed by atoms with van der Waals surface area (Å²) in [5, 5.41) is 8.70. The molecule has 6 atom stereocenters. The molecule has 260 valence electrons. The molecule has 3 saturated carbocycles. The molecule has 12 nitrogen and oxygen atoms in total. The molecule has 1 aliphatic heterocycles. The highest BCUT2D eigenvalue weighted by atomic mass is 32.2. The monoisotopic (exact) mass is 665 g/mol. The van der Waals surface area contributed by atoms with Crippen molar-refractivity contribution in [1.82, 2.24) is 20.9 Å². The predicted octanol–water partition coefficient (Wildman–Crippen LogP) is 2.44. The van der Waals surface area contributed by atoms with Gasteiger partial charge in [-0.25, -0.2) is 13.2 Å². The number of sulfone groups is 1. The van der Waals surface area contributed by atoms with E-state index in [2.05, 4.69) is 16.0 Å². The summed E-state index contributed by atoms with van der Waals surface area (Å²) < 4.78 is 25.5. The first-order chi connectivity index (χ1) is 20.9. The second-order valence-electron chi connectivity index (χ2n) is 17.0. The van der Waals surface area contributed by atoms with Gasteiger partial charge in [0.25, 0.3) is 5.91 Å². The third-order valence-electron chi connectivity index (χ3n) is 11.3. The molecule has 1 unspecified atom stereocenters. The maximum Gasteiger partial charge on any atom is 0.315 e. The van der Waals surface area contributed by atoms with Gasteiger partial charge < -0.3 is 26.6 Å². The number of carbonyl (C=O) groups excluding carboxylic acids is 5. The summed E-state index contributed by atoms with van der Waals surface area (Å²) in [6.45, 7) is 16.7. The molecule has 0 aromatic carbocycles. The topological polar surface area (TPSA) is 185 Å². The fourth-order valence-electron chi connectivity index (χ4n) is 7.97. The van der Waals surface area contributed by atoms with Crippen molar-refractivity contribution in [3.8, 4) is 0 Å². The summed E-state index contributed by atoms with van der Waals surface area (Å²) in [5.41, 5.74) is 2.06. The molecular weight excluding hydrogens is 610 g/mol. The second-order valence-corrected chi connectivity index (χ2v) is 19.7. The zero-order chi connectivity index (χ0) is 34.8. The minimum absolute atomic E-state index is 0.0544. The highest BCUT2D eigenvalue weighted by Crippen LogP contribution is 2.65. The second kappa shape index (κ2) is 11.8. The molecule has 46 heavy (non-hydrogen) atoms. The van der Waals surface area contributed by atoms with Crippen LogP contribution in [0.5, 0.6) is 0 Å². The molecule has 0 aromatic heterocycles. The summed E-state index contributed by atoms with van der Waals surface area (Å²) in [4.78, 5) is 68.2. The molecule has 13 heteroatoms. The lowest BCUT2D eigenvalue weighted by Crippen LogP contribution is -2.64. The van der Waals surface area contributed by atoms with Crippen LogP contribution in [0.2, 0.25) is 0 Å². The number of nitrogens with two attached hydrogens (primary N) is 1. The average molecular weight is 666 g/mol. The number of ketones is 1. The number of primary amides is 1. The van der Waals surface area contributed by atoms with Crippen molar-refractivity contribution in [2.24, 2.45) is 34.3 Å². The molecule has 5 amide bonds. The van der Waals surface area contributed by atoms with Crippen LogP contribution in [-0.2, 0) is 29.0 Å². The van der Waals surface area contributed by atoms with E-state index in [4.69, 9.17) is 5.73 Å². The Morgan fingerprint density at radius 1 is 0.957 bits per heavy atom. The van der Waals surface area contributed by atoms with Gasteiger partial charge in [-0.1, -0.05) is 67.2 Å². The smallest absolute Gasteiger partial charge is 0.315 e. The number of amides is 5. The number of piperidine rings is 1. The first-order valence-electron chi connectivity index (χ1n) is 16.7. The van der Waals surface area contributed by atoms with Gasteiger partial charge in [0.2, 0.25) is 17.6 Å². The zero-order valence-electron chi connectivity index (χ0n) is 29.0. The Balaban J connectivity index is 1.57. The molecule has 0 radical (unpaired) electrons. The van der Waals surface area contributed by atoms with Crippen LogP contribution in [0.15, 0.2) is 0 Å². The lowest BCUT2D eigenvalue weighted by Gasteiger charge is -2.41. The summed E-state index contributed by atoms with van der Waals surface area (Å²) in [6, 6.07) is -2.55. The molecule has 0 bridgehead atoms. The van der Waals surface area contributed by atoms with E-state index >= 15 is 0 Å². The Hall–Kier alpha value is -2.70. The van der Waals surface area contributed by atoms with E-state index in [-0.39, 0.29) is 28.9 Å². The van der Waals surface area contributed by atoms with E-state index in [9.17, 15) is 32.4 Å². The Labute approximate surface area is 274 Å². The maximum atomic E-state index is 14.4. The molecule has 0 spiro atoms. The quantitative estimate of drug-likeness (QED) is 0.258. The summed E-state index contributed by atoms with van der Waals surface area (Å²) in [7, 11) is -3.56. The molecule has 1 saturated heterocycles. The van der Waals surface area contributed by atoms with Crippen LogP contribution >= 0.6 is 0 Å². The van der Waals surface area contributed by atoms with Crippen molar-refractivity contribution in [2.75, 3.05) is 12.3 Å². The van der Waals surface area contributed by atoms with Gasteiger partial charge in [-0.3, -0.25) is 19.2 Å². The van der Waals surface area contributed by atoms with Crippen molar-refractivity contribution in [1.29, 1.82) is 0 Å². The predicted molar refractivity (Wildman–Crippen MR) is 174 cm³/mol. The van der Waals surface area contributed by atoms with E-state index in [1.165, 1.54) is 4.90 Å². The highest BCUT2D eigenvalue weighted by Gasteiger charge is 2.71. The molecule has 4 fully saturated rings. The first-order valence-corrected chi connectivity index (χ1v) is 18.4. The number of nitrogens with one attached hydrogen (secondary N) is 3. The molecule has 0 aromatic rings. The van der Waals surface area contributed by atoms with Gasteiger partial charge >= 0.3 is 6.03 Å². The van der Waals surface area contributed by atoms with Crippen molar-refractivity contribution >= 4 is 39.4 Å². The molecular formula is C33H55N5O7S. The van der Waals surface area contributed by atoms with Gasteiger partial charge in [-0.2, -0.15) is 0 Å². The number of likely N-dealkylation sites (tertiary alicyclic amines) is 1. The zero-order valence-corrected chi connectivity index (χ0v) is 29.9. The Morgan fingerprint density at radius 3 is 2.02 bits per heavy atom. The Morgan fingerprint density at radius 2 is 1.54 bits per heavy atom. The van der Waals surface area contributed by atoms with Gasteiger partial charge in [0.1, 0.15) is 17.6 Å². The average Bonchev–Trinajstić information content (AvgIpc) is 3.67. The minimum atomic E-state index is -3.56. The van der Waals surface area contributed by atoms with Crippen LogP contribution in [0.3, 0.4) is 0 Å². The lowest BCUT2D eigenvalue weighted by atomic mass is 9.83. The van der Waals surface area contributed by atoms with Crippen molar-refractivity contribution < 1.29 is 32.4 Å². The van der Waals surface area contributed by atoms with E-state index in [0.29, 0.717) is 32.2 Å². The summed E-state index contributed by atoms with van der Waals surface area (Å²) in [6.07, 6.45) is 4.43. The normalized spacial score (nSPS) is 30.4. The Bertz CT molecular complexity index is 1390. The van der Waals surface area contributed by atoms with E-state index in [1.807, 2.05) is 41.5 Å². The first kappa shape index (κ1) is 36.1. The van der Waals surface area contributed by atoms with E-state index in [0.717, 1.165) is 19.3 Å². The third-order valence-corrected chi connectivity index (χ3v) is 14.1. The number of urea groups is 1. The number of carbonyl (C=O) groups is 5.